The standard InChI is InChI=1S/C22H14ClN3O3S2/c23-16-5-8-18(9-6-16)30-19-4-2-1-3-14(19)13-24-25-22(27)21-12-15-11-17(26(28)29)7-10-20(15)31-21/h1-13H,(H,25,27)/b24-13+. The zero-order chi connectivity index (χ0) is 21.8. The number of carbonyl (C=O) groups excluding carboxylic acids is 1. The van der Waals surface area contributed by atoms with Gasteiger partial charge in [-0.2, -0.15) is 5.10 Å². The third-order valence-corrected chi connectivity index (χ3v) is 6.73. The van der Waals surface area contributed by atoms with Gasteiger partial charge in [0.15, 0.2) is 0 Å². The van der Waals surface area contributed by atoms with Crippen molar-refractivity contribution in [1.82, 2.24) is 5.43 Å². The van der Waals surface area contributed by atoms with Crippen LogP contribution in [0.4, 0.5) is 5.69 Å². The van der Waals surface area contributed by atoms with E-state index in [0.717, 1.165) is 20.1 Å². The number of nitro groups is 1. The van der Waals surface area contributed by atoms with Crippen molar-refractivity contribution in [2.24, 2.45) is 5.10 Å². The first-order chi connectivity index (χ1) is 15.0. The summed E-state index contributed by atoms with van der Waals surface area (Å²) in [5.74, 6) is -0.372. The van der Waals surface area contributed by atoms with Gasteiger partial charge in [0.25, 0.3) is 11.6 Å². The van der Waals surface area contributed by atoms with E-state index in [1.54, 1.807) is 30.1 Å². The van der Waals surface area contributed by atoms with E-state index in [-0.39, 0.29) is 11.6 Å². The van der Waals surface area contributed by atoms with Gasteiger partial charge in [-0.05, 0) is 42.5 Å². The average Bonchev–Trinajstić information content (AvgIpc) is 3.20. The molecule has 0 bridgehead atoms. The first-order valence-electron chi connectivity index (χ1n) is 9.03. The average molecular weight is 468 g/mol. The number of nitro benzene ring substituents is 1. The Morgan fingerprint density at radius 2 is 1.87 bits per heavy atom. The van der Waals surface area contributed by atoms with E-state index < -0.39 is 4.92 Å². The molecule has 3 aromatic carbocycles. The molecule has 1 N–H and O–H groups in total. The fourth-order valence-electron chi connectivity index (χ4n) is 2.78. The molecule has 0 saturated heterocycles. The molecule has 0 radical (unpaired) electrons. The highest BCUT2D eigenvalue weighted by Gasteiger charge is 2.13. The number of hydrogen-bond donors (Lipinski definition) is 1. The number of carbonyl (C=O) groups is 1. The molecule has 154 valence electrons. The summed E-state index contributed by atoms with van der Waals surface area (Å²) >= 11 is 8.77. The lowest BCUT2D eigenvalue weighted by Crippen LogP contribution is -2.16. The van der Waals surface area contributed by atoms with Gasteiger partial charge in [0.1, 0.15) is 0 Å². The molecule has 1 aromatic heterocycles. The van der Waals surface area contributed by atoms with Crippen molar-refractivity contribution in [3.63, 3.8) is 0 Å². The normalized spacial score (nSPS) is 11.1. The van der Waals surface area contributed by atoms with Crippen LogP contribution in [0.2, 0.25) is 5.02 Å². The summed E-state index contributed by atoms with van der Waals surface area (Å²) in [4.78, 5) is 25.4. The predicted octanol–water partition coefficient (Wildman–Crippen LogP) is 6.38. The molecule has 9 heteroatoms. The van der Waals surface area contributed by atoms with E-state index in [0.29, 0.717) is 15.3 Å². The van der Waals surface area contributed by atoms with Crippen molar-refractivity contribution in [1.29, 1.82) is 0 Å². The molecule has 0 aliphatic heterocycles. The molecule has 31 heavy (non-hydrogen) atoms. The van der Waals surface area contributed by atoms with Gasteiger partial charge in [-0.15, -0.1) is 11.3 Å². The summed E-state index contributed by atoms with van der Waals surface area (Å²) in [6.45, 7) is 0. The fourth-order valence-corrected chi connectivity index (χ4v) is 4.75. The van der Waals surface area contributed by atoms with Crippen LogP contribution in [-0.4, -0.2) is 17.0 Å². The number of benzene rings is 3. The fraction of sp³-hybridized carbons (Fsp3) is 0. The molecule has 0 spiro atoms. The number of amides is 1. The molecule has 0 unspecified atom stereocenters. The summed E-state index contributed by atoms with van der Waals surface area (Å²) in [6.07, 6.45) is 1.59. The maximum atomic E-state index is 12.5. The second-order valence-corrected chi connectivity index (χ2v) is 9.02. The number of nitrogens with one attached hydrogen (secondary N) is 1. The summed E-state index contributed by atoms with van der Waals surface area (Å²) in [5, 5.41) is 16.3. The largest absolute Gasteiger partial charge is 0.281 e. The minimum Gasteiger partial charge on any atom is -0.266 e. The zero-order valence-electron chi connectivity index (χ0n) is 15.8. The summed E-state index contributed by atoms with van der Waals surface area (Å²) < 4.78 is 0.796. The number of nitrogens with zero attached hydrogens (tertiary/aromatic N) is 2. The molecule has 0 saturated carbocycles. The number of non-ortho nitro benzene ring substituents is 1. The van der Waals surface area contributed by atoms with Crippen LogP contribution in [0, 0.1) is 10.1 Å². The highest BCUT2D eigenvalue weighted by molar-refractivity contribution is 7.99. The van der Waals surface area contributed by atoms with Crippen LogP contribution in [0.25, 0.3) is 10.1 Å². The van der Waals surface area contributed by atoms with E-state index in [4.69, 9.17) is 11.6 Å². The van der Waals surface area contributed by atoms with E-state index in [1.165, 1.54) is 23.5 Å². The lowest BCUT2D eigenvalue weighted by molar-refractivity contribution is -0.384. The van der Waals surface area contributed by atoms with Crippen molar-refractivity contribution in [3.8, 4) is 0 Å². The van der Waals surface area contributed by atoms with Gasteiger partial charge < -0.3 is 0 Å². The summed E-state index contributed by atoms with van der Waals surface area (Å²) in [5.41, 5.74) is 3.37. The predicted molar refractivity (Wildman–Crippen MR) is 126 cm³/mol. The Kier molecular flexibility index (Phi) is 6.31. The summed E-state index contributed by atoms with van der Waals surface area (Å²) in [7, 11) is 0. The highest BCUT2D eigenvalue weighted by Crippen LogP contribution is 2.31. The van der Waals surface area contributed by atoms with Crippen molar-refractivity contribution in [3.05, 3.63) is 98.4 Å². The number of hydrogen-bond acceptors (Lipinski definition) is 6. The third kappa shape index (κ3) is 5.11. The molecule has 6 nitrogen and oxygen atoms in total. The van der Waals surface area contributed by atoms with E-state index in [1.807, 2.05) is 48.5 Å². The van der Waals surface area contributed by atoms with Gasteiger partial charge in [-0.3, -0.25) is 14.9 Å². The minimum atomic E-state index is -0.458. The van der Waals surface area contributed by atoms with E-state index >= 15 is 0 Å². The second kappa shape index (κ2) is 9.30. The first kappa shape index (κ1) is 21.0. The Balaban J connectivity index is 1.47. The van der Waals surface area contributed by atoms with Crippen molar-refractivity contribution < 1.29 is 9.72 Å². The van der Waals surface area contributed by atoms with E-state index in [2.05, 4.69) is 10.5 Å². The zero-order valence-corrected chi connectivity index (χ0v) is 18.2. The van der Waals surface area contributed by atoms with Crippen LogP contribution in [-0.2, 0) is 0 Å². The lowest BCUT2D eigenvalue weighted by Gasteiger charge is -2.05. The summed E-state index contributed by atoms with van der Waals surface area (Å²) in [6, 6.07) is 21.4. The number of halogens is 1. The van der Waals surface area contributed by atoms with Crippen LogP contribution >= 0.6 is 34.7 Å². The smallest absolute Gasteiger partial charge is 0.266 e. The molecule has 4 aromatic rings. The van der Waals surface area contributed by atoms with Crippen molar-refractivity contribution in [2.75, 3.05) is 0 Å². The monoisotopic (exact) mass is 467 g/mol. The van der Waals surface area contributed by atoms with Crippen molar-refractivity contribution in [2.45, 2.75) is 9.79 Å². The molecular weight excluding hydrogens is 454 g/mol. The van der Waals surface area contributed by atoms with Gasteiger partial charge in [0.2, 0.25) is 0 Å². The Morgan fingerprint density at radius 3 is 2.65 bits per heavy atom. The Morgan fingerprint density at radius 1 is 1.10 bits per heavy atom. The van der Waals surface area contributed by atoms with Crippen LogP contribution in [0.3, 0.4) is 0 Å². The molecule has 1 heterocycles. The maximum Gasteiger partial charge on any atom is 0.281 e. The maximum absolute atomic E-state index is 12.5. The van der Waals surface area contributed by atoms with Crippen LogP contribution < -0.4 is 5.43 Å². The van der Waals surface area contributed by atoms with Crippen LogP contribution in [0.15, 0.2) is 87.7 Å². The highest BCUT2D eigenvalue weighted by atomic mass is 35.5. The second-order valence-electron chi connectivity index (χ2n) is 6.38. The van der Waals surface area contributed by atoms with Gasteiger partial charge >= 0.3 is 0 Å². The topological polar surface area (TPSA) is 84.6 Å². The molecule has 0 aliphatic carbocycles. The molecule has 4 rings (SSSR count). The number of hydrazone groups is 1. The van der Waals surface area contributed by atoms with Crippen LogP contribution in [0.5, 0.6) is 0 Å². The van der Waals surface area contributed by atoms with Crippen molar-refractivity contribution >= 4 is 62.6 Å². The number of fused-ring (bicyclic) bond motifs is 1. The third-order valence-electron chi connectivity index (χ3n) is 4.26. The quantitative estimate of drug-likeness (QED) is 0.202. The molecule has 0 aliphatic rings. The van der Waals surface area contributed by atoms with Gasteiger partial charge in [-0.1, -0.05) is 41.6 Å². The van der Waals surface area contributed by atoms with Gasteiger partial charge in [-0.25, -0.2) is 5.43 Å². The minimum absolute atomic E-state index is 0.00919. The van der Waals surface area contributed by atoms with E-state index in [9.17, 15) is 14.9 Å². The molecular formula is C22H14ClN3O3S2. The van der Waals surface area contributed by atoms with Crippen LogP contribution in [0.1, 0.15) is 15.2 Å². The Hall–Kier alpha value is -3.20. The Bertz CT molecular complexity index is 1300. The van der Waals surface area contributed by atoms with Gasteiger partial charge in [0.05, 0.1) is 16.0 Å². The Labute approximate surface area is 190 Å². The number of thiophene rings is 1. The SMILES string of the molecule is O=C(N/N=C/c1ccccc1Sc1ccc(Cl)cc1)c1cc2cc([N+](=O)[O-])ccc2s1. The van der Waals surface area contributed by atoms with Gasteiger partial charge in [0, 0.05) is 42.6 Å². The number of rotatable bonds is 6. The molecule has 0 fully saturated rings. The molecule has 0 atom stereocenters. The first-order valence-corrected chi connectivity index (χ1v) is 11.0. The molecule has 1 amide bonds. The lowest BCUT2D eigenvalue weighted by atomic mass is 10.2.